The van der Waals surface area contributed by atoms with E-state index in [9.17, 15) is 0 Å². The average molecular weight is 300 g/mol. The van der Waals surface area contributed by atoms with Crippen LogP contribution in [0.5, 0.6) is 17.4 Å². The van der Waals surface area contributed by atoms with Crippen LogP contribution in [0.2, 0.25) is 10.0 Å². The third kappa shape index (κ3) is 3.99. The number of aromatic nitrogens is 1. The Kier molecular flexibility index (Phi) is 4.85. The van der Waals surface area contributed by atoms with E-state index < -0.39 is 0 Å². The first-order valence-corrected chi connectivity index (χ1v) is 6.27. The molecule has 1 aromatic heterocycles. The van der Waals surface area contributed by atoms with E-state index in [-0.39, 0.29) is 19.1 Å². The highest BCUT2D eigenvalue weighted by atomic mass is 35.5. The summed E-state index contributed by atoms with van der Waals surface area (Å²) in [6.07, 6.45) is 1.45. The van der Waals surface area contributed by atoms with Crippen LogP contribution >= 0.6 is 23.2 Å². The lowest BCUT2D eigenvalue weighted by atomic mass is 10.3. The molecule has 0 fully saturated rings. The standard InChI is InChI=1S/C13H11Cl2NO3/c14-9-6-12(15)13(16-8-9)19-11-3-1-2-10(7-11)18-5-4-17/h1-3,6-8,17H,4-5H2. The van der Waals surface area contributed by atoms with Crippen LogP contribution in [0.15, 0.2) is 36.5 Å². The first-order valence-electron chi connectivity index (χ1n) is 5.51. The van der Waals surface area contributed by atoms with Crippen molar-refractivity contribution in [3.05, 3.63) is 46.6 Å². The van der Waals surface area contributed by atoms with Gasteiger partial charge in [0.05, 0.1) is 11.6 Å². The number of pyridine rings is 1. The van der Waals surface area contributed by atoms with Crippen molar-refractivity contribution < 1.29 is 14.6 Å². The number of aliphatic hydroxyl groups is 1. The molecule has 0 bridgehead atoms. The Bertz CT molecular complexity index is 563. The molecule has 6 heteroatoms. The van der Waals surface area contributed by atoms with Crippen LogP contribution in [0, 0.1) is 0 Å². The number of hydrogen-bond acceptors (Lipinski definition) is 4. The van der Waals surface area contributed by atoms with Gasteiger partial charge in [0.2, 0.25) is 5.88 Å². The highest BCUT2D eigenvalue weighted by Crippen LogP contribution is 2.30. The van der Waals surface area contributed by atoms with Gasteiger partial charge in [-0.2, -0.15) is 0 Å². The molecule has 100 valence electrons. The number of ether oxygens (including phenoxy) is 2. The van der Waals surface area contributed by atoms with Gasteiger partial charge in [0, 0.05) is 12.3 Å². The van der Waals surface area contributed by atoms with E-state index in [0.717, 1.165) is 0 Å². The maximum absolute atomic E-state index is 8.70. The van der Waals surface area contributed by atoms with Crippen LogP contribution < -0.4 is 9.47 Å². The molecule has 0 saturated carbocycles. The summed E-state index contributed by atoms with van der Waals surface area (Å²) in [5.74, 6) is 1.40. The molecule has 0 aliphatic carbocycles. The lowest BCUT2D eigenvalue weighted by Crippen LogP contribution is -2.01. The number of hydrogen-bond donors (Lipinski definition) is 1. The molecule has 0 radical (unpaired) electrons. The summed E-state index contributed by atoms with van der Waals surface area (Å²) in [7, 11) is 0. The van der Waals surface area contributed by atoms with Gasteiger partial charge >= 0.3 is 0 Å². The molecule has 0 saturated heterocycles. The maximum Gasteiger partial charge on any atom is 0.238 e. The Balaban J connectivity index is 2.14. The fourth-order valence-corrected chi connectivity index (χ4v) is 1.80. The molecule has 0 spiro atoms. The number of nitrogens with zero attached hydrogens (tertiary/aromatic N) is 1. The highest BCUT2D eigenvalue weighted by molar-refractivity contribution is 6.35. The minimum atomic E-state index is -0.0460. The van der Waals surface area contributed by atoms with Gasteiger partial charge in [0.25, 0.3) is 0 Å². The fourth-order valence-electron chi connectivity index (χ4n) is 1.38. The van der Waals surface area contributed by atoms with E-state index in [1.807, 2.05) is 0 Å². The Morgan fingerprint density at radius 2 is 1.95 bits per heavy atom. The summed E-state index contributed by atoms with van der Waals surface area (Å²) < 4.78 is 10.8. The van der Waals surface area contributed by atoms with E-state index in [4.69, 9.17) is 37.8 Å². The number of halogens is 2. The van der Waals surface area contributed by atoms with Crippen LogP contribution in [-0.4, -0.2) is 23.3 Å². The zero-order valence-corrected chi connectivity index (χ0v) is 11.4. The normalized spacial score (nSPS) is 10.3. The fraction of sp³-hybridized carbons (Fsp3) is 0.154. The summed E-state index contributed by atoms with van der Waals surface area (Å²) >= 11 is 11.7. The van der Waals surface area contributed by atoms with Crippen molar-refractivity contribution in [2.24, 2.45) is 0 Å². The molecule has 0 aliphatic heterocycles. The second-order valence-electron chi connectivity index (χ2n) is 3.59. The number of rotatable bonds is 5. The summed E-state index contributed by atoms with van der Waals surface area (Å²) in [5.41, 5.74) is 0. The molecule has 2 aromatic rings. The van der Waals surface area contributed by atoms with Crippen LogP contribution in [0.4, 0.5) is 0 Å². The van der Waals surface area contributed by atoms with Gasteiger partial charge in [-0.25, -0.2) is 4.98 Å². The van der Waals surface area contributed by atoms with Crippen LogP contribution in [0.3, 0.4) is 0 Å². The van der Waals surface area contributed by atoms with Crippen molar-refractivity contribution >= 4 is 23.2 Å². The molecule has 4 nitrogen and oxygen atoms in total. The van der Waals surface area contributed by atoms with Gasteiger partial charge < -0.3 is 14.6 Å². The maximum atomic E-state index is 8.70. The first-order chi connectivity index (χ1) is 9.19. The van der Waals surface area contributed by atoms with Crippen LogP contribution in [-0.2, 0) is 0 Å². The van der Waals surface area contributed by atoms with E-state index in [1.54, 1.807) is 30.3 Å². The summed E-state index contributed by atoms with van der Waals surface area (Å²) in [6, 6.07) is 8.52. The molecule has 1 aromatic carbocycles. The molecule has 0 atom stereocenters. The monoisotopic (exact) mass is 299 g/mol. The number of aliphatic hydroxyl groups excluding tert-OH is 1. The van der Waals surface area contributed by atoms with Crippen molar-refractivity contribution in [1.82, 2.24) is 4.98 Å². The Morgan fingerprint density at radius 1 is 1.16 bits per heavy atom. The smallest absolute Gasteiger partial charge is 0.238 e. The number of benzene rings is 1. The van der Waals surface area contributed by atoms with Crippen molar-refractivity contribution in [2.45, 2.75) is 0 Å². The molecule has 19 heavy (non-hydrogen) atoms. The topological polar surface area (TPSA) is 51.6 Å². The predicted octanol–water partition coefficient (Wildman–Crippen LogP) is 3.55. The van der Waals surface area contributed by atoms with E-state index in [1.165, 1.54) is 6.20 Å². The molecule has 0 amide bonds. The molecule has 1 N–H and O–H groups in total. The van der Waals surface area contributed by atoms with E-state index >= 15 is 0 Å². The lowest BCUT2D eigenvalue weighted by Gasteiger charge is -2.09. The van der Waals surface area contributed by atoms with Crippen molar-refractivity contribution in [1.29, 1.82) is 0 Å². The second-order valence-corrected chi connectivity index (χ2v) is 4.43. The van der Waals surface area contributed by atoms with Crippen molar-refractivity contribution in [3.8, 4) is 17.4 Å². The Hall–Kier alpha value is -1.49. The minimum Gasteiger partial charge on any atom is -0.491 e. The molecule has 0 unspecified atom stereocenters. The summed E-state index contributed by atoms with van der Waals surface area (Å²) in [6.45, 7) is 0.180. The Labute approximate surface area is 120 Å². The third-order valence-corrected chi connectivity index (χ3v) is 2.63. The molecular formula is C13H11Cl2NO3. The van der Waals surface area contributed by atoms with Gasteiger partial charge in [-0.05, 0) is 18.2 Å². The van der Waals surface area contributed by atoms with Gasteiger partial charge in [-0.3, -0.25) is 0 Å². The molecule has 0 aliphatic rings. The van der Waals surface area contributed by atoms with Crippen molar-refractivity contribution in [2.75, 3.05) is 13.2 Å². The summed E-state index contributed by atoms with van der Waals surface area (Å²) in [4.78, 5) is 4.00. The first kappa shape index (κ1) is 13.9. The van der Waals surface area contributed by atoms with Gasteiger partial charge in [-0.15, -0.1) is 0 Å². The predicted molar refractivity (Wildman–Crippen MR) is 73.4 cm³/mol. The molecular weight excluding hydrogens is 289 g/mol. The Morgan fingerprint density at radius 3 is 2.68 bits per heavy atom. The SMILES string of the molecule is OCCOc1cccc(Oc2ncc(Cl)cc2Cl)c1. The van der Waals surface area contributed by atoms with Crippen LogP contribution in [0.25, 0.3) is 0 Å². The van der Waals surface area contributed by atoms with E-state index in [2.05, 4.69) is 4.98 Å². The van der Waals surface area contributed by atoms with Gasteiger partial charge in [-0.1, -0.05) is 29.3 Å². The van der Waals surface area contributed by atoms with Crippen molar-refractivity contribution in [3.63, 3.8) is 0 Å². The second kappa shape index (κ2) is 6.61. The summed E-state index contributed by atoms with van der Waals surface area (Å²) in [5, 5.41) is 9.47. The van der Waals surface area contributed by atoms with Crippen LogP contribution in [0.1, 0.15) is 0 Å². The third-order valence-electron chi connectivity index (χ3n) is 2.15. The zero-order chi connectivity index (χ0) is 13.7. The van der Waals surface area contributed by atoms with E-state index in [0.29, 0.717) is 21.5 Å². The largest absolute Gasteiger partial charge is 0.491 e. The van der Waals surface area contributed by atoms with Gasteiger partial charge in [0.15, 0.2) is 0 Å². The molecule has 1 heterocycles. The lowest BCUT2D eigenvalue weighted by molar-refractivity contribution is 0.201. The average Bonchev–Trinajstić information content (AvgIpc) is 2.40. The van der Waals surface area contributed by atoms with Gasteiger partial charge in [0.1, 0.15) is 23.1 Å². The zero-order valence-electron chi connectivity index (χ0n) is 9.85. The quantitative estimate of drug-likeness (QED) is 0.917. The molecule has 2 rings (SSSR count). The highest BCUT2D eigenvalue weighted by Gasteiger charge is 2.06. The minimum absolute atomic E-state index is 0.0460.